The van der Waals surface area contributed by atoms with Gasteiger partial charge in [0.15, 0.2) is 11.6 Å². The van der Waals surface area contributed by atoms with E-state index in [0.29, 0.717) is 0 Å². The number of hydrogen-bond donors (Lipinski definition) is 2. The largest absolute Gasteiger partial charge is 0.493 e. The average Bonchev–Trinajstić information content (AvgIpc) is 2.27. The molecule has 0 radical (unpaired) electrons. The number of benzene rings is 1. The smallest absolute Gasteiger partial charge is 0.312 e. The standard InChI is InChI=1S/C10H10ClF2NO3/c1-17-9-4(5(3-14)10(15)16)2-6(12)7(11)8(9)13/h2,5H,3,14H2,1H3,(H,15,16). The lowest BCUT2D eigenvalue weighted by Crippen LogP contribution is -2.22. The summed E-state index contributed by atoms with van der Waals surface area (Å²) in [4.78, 5) is 10.9. The normalized spacial score (nSPS) is 12.3. The molecule has 0 spiro atoms. The second-order valence-electron chi connectivity index (χ2n) is 3.24. The van der Waals surface area contributed by atoms with Crippen LogP contribution in [0.3, 0.4) is 0 Å². The number of carboxylic acid groups (broad SMARTS) is 1. The molecule has 0 saturated carbocycles. The zero-order valence-electron chi connectivity index (χ0n) is 8.84. The molecule has 7 heteroatoms. The lowest BCUT2D eigenvalue weighted by Gasteiger charge is -2.16. The maximum absolute atomic E-state index is 13.6. The number of carboxylic acids is 1. The zero-order chi connectivity index (χ0) is 13.2. The van der Waals surface area contributed by atoms with Crippen molar-refractivity contribution >= 4 is 17.6 Å². The Labute approximate surface area is 101 Å². The van der Waals surface area contributed by atoms with E-state index >= 15 is 0 Å². The molecule has 0 aliphatic rings. The predicted octanol–water partition coefficient (Wildman–Crippen LogP) is 1.75. The van der Waals surface area contributed by atoms with Gasteiger partial charge in [0.25, 0.3) is 0 Å². The van der Waals surface area contributed by atoms with Crippen molar-refractivity contribution in [2.45, 2.75) is 5.92 Å². The molecule has 17 heavy (non-hydrogen) atoms. The fourth-order valence-corrected chi connectivity index (χ4v) is 1.56. The van der Waals surface area contributed by atoms with Crippen LogP contribution in [0.5, 0.6) is 5.75 Å². The summed E-state index contributed by atoms with van der Waals surface area (Å²) in [5, 5.41) is 8.14. The van der Waals surface area contributed by atoms with E-state index < -0.39 is 34.3 Å². The Balaban J connectivity index is 3.46. The molecule has 0 bridgehead atoms. The van der Waals surface area contributed by atoms with Gasteiger partial charge < -0.3 is 15.6 Å². The minimum atomic E-state index is -1.30. The summed E-state index contributed by atoms with van der Waals surface area (Å²) in [5.41, 5.74) is 5.07. The second kappa shape index (κ2) is 5.29. The number of methoxy groups -OCH3 is 1. The van der Waals surface area contributed by atoms with Gasteiger partial charge in [-0.3, -0.25) is 4.79 Å². The maximum atomic E-state index is 13.6. The van der Waals surface area contributed by atoms with E-state index in [0.717, 1.165) is 13.2 Å². The first-order valence-electron chi connectivity index (χ1n) is 4.58. The molecular formula is C10H10ClF2NO3. The Bertz CT molecular complexity index is 454. The first-order valence-corrected chi connectivity index (χ1v) is 4.96. The van der Waals surface area contributed by atoms with Crippen molar-refractivity contribution in [3.63, 3.8) is 0 Å². The van der Waals surface area contributed by atoms with Crippen LogP contribution in [-0.2, 0) is 4.79 Å². The number of ether oxygens (including phenoxy) is 1. The number of halogens is 3. The fourth-order valence-electron chi connectivity index (χ4n) is 1.42. The summed E-state index contributed by atoms with van der Waals surface area (Å²) in [6, 6.07) is 0.815. The highest BCUT2D eigenvalue weighted by molar-refractivity contribution is 6.31. The Kier molecular flexibility index (Phi) is 4.25. The van der Waals surface area contributed by atoms with Gasteiger partial charge in [-0.1, -0.05) is 11.6 Å². The molecule has 1 atom stereocenters. The first-order chi connectivity index (χ1) is 7.93. The summed E-state index contributed by atoms with van der Waals surface area (Å²) in [5.74, 6) is -5.16. The Morgan fingerprint density at radius 3 is 2.65 bits per heavy atom. The fraction of sp³-hybridized carbons (Fsp3) is 0.300. The van der Waals surface area contributed by atoms with Crippen molar-refractivity contribution in [1.29, 1.82) is 0 Å². The molecule has 0 amide bonds. The molecule has 1 aromatic rings. The highest BCUT2D eigenvalue weighted by Crippen LogP contribution is 2.35. The minimum absolute atomic E-state index is 0.179. The van der Waals surface area contributed by atoms with Crippen LogP contribution >= 0.6 is 11.6 Å². The van der Waals surface area contributed by atoms with Crippen molar-refractivity contribution in [3.8, 4) is 5.75 Å². The Morgan fingerprint density at radius 1 is 1.65 bits per heavy atom. The van der Waals surface area contributed by atoms with Gasteiger partial charge in [0.05, 0.1) is 13.0 Å². The van der Waals surface area contributed by atoms with Crippen LogP contribution in [-0.4, -0.2) is 24.7 Å². The number of hydrogen-bond acceptors (Lipinski definition) is 3. The Morgan fingerprint density at radius 2 is 2.24 bits per heavy atom. The van der Waals surface area contributed by atoms with Gasteiger partial charge in [-0.15, -0.1) is 0 Å². The SMILES string of the molecule is COc1c(C(CN)C(=O)O)cc(F)c(Cl)c1F. The molecule has 94 valence electrons. The third-order valence-electron chi connectivity index (χ3n) is 2.26. The van der Waals surface area contributed by atoms with Crippen molar-refractivity contribution < 1.29 is 23.4 Å². The van der Waals surface area contributed by atoms with Gasteiger partial charge in [0.1, 0.15) is 10.8 Å². The molecule has 0 aliphatic heterocycles. The highest BCUT2D eigenvalue weighted by Gasteiger charge is 2.27. The highest BCUT2D eigenvalue weighted by atomic mass is 35.5. The molecule has 0 aliphatic carbocycles. The average molecular weight is 266 g/mol. The summed E-state index contributed by atoms with van der Waals surface area (Å²) in [7, 11) is 1.13. The molecule has 3 N–H and O–H groups in total. The van der Waals surface area contributed by atoms with Gasteiger partial charge in [0.2, 0.25) is 0 Å². The van der Waals surface area contributed by atoms with Gasteiger partial charge in [-0.25, -0.2) is 8.78 Å². The maximum Gasteiger partial charge on any atom is 0.312 e. The van der Waals surface area contributed by atoms with E-state index in [9.17, 15) is 13.6 Å². The summed E-state index contributed by atoms with van der Waals surface area (Å²) in [6.07, 6.45) is 0. The van der Waals surface area contributed by atoms with Crippen LogP contribution in [0.2, 0.25) is 5.02 Å². The molecule has 0 fully saturated rings. The van der Waals surface area contributed by atoms with Crippen LogP contribution in [0.25, 0.3) is 0 Å². The molecular weight excluding hydrogens is 256 g/mol. The first kappa shape index (κ1) is 13.7. The van der Waals surface area contributed by atoms with E-state index in [4.69, 9.17) is 27.2 Å². The topological polar surface area (TPSA) is 72.5 Å². The molecule has 1 unspecified atom stereocenters. The second-order valence-corrected chi connectivity index (χ2v) is 3.61. The summed E-state index contributed by atoms with van der Waals surface area (Å²) >= 11 is 5.35. The minimum Gasteiger partial charge on any atom is -0.493 e. The van der Waals surface area contributed by atoms with Crippen molar-refractivity contribution in [1.82, 2.24) is 0 Å². The van der Waals surface area contributed by atoms with Crippen LogP contribution in [0.1, 0.15) is 11.5 Å². The number of rotatable bonds is 4. The van der Waals surface area contributed by atoms with Crippen molar-refractivity contribution in [2.24, 2.45) is 5.73 Å². The zero-order valence-corrected chi connectivity index (χ0v) is 9.59. The lowest BCUT2D eigenvalue weighted by atomic mass is 9.98. The third kappa shape index (κ3) is 2.48. The van der Waals surface area contributed by atoms with E-state index in [1.807, 2.05) is 0 Å². The lowest BCUT2D eigenvalue weighted by molar-refractivity contribution is -0.138. The molecule has 1 aromatic carbocycles. The molecule has 0 heterocycles. The summed E-state index contributed by atoms with van der Waals surface area (Å²) < 4.78 is 31.5. The molecule has 4 nitrogen and oxygen atoms in total. The van der Waals surface area contributed by atoms with Gasteiger partial charge in [-0.2, -0.15) is 0 Å². The molecule has 0 aromatic heterocycles. The van der Waals surface area contributed by atoms with E-state index in [2.05, 4.69) is 0 Å². The van der Waals surface area contributed by atoms with Crippen LogP contribution in [0, 0.1) is 11.6 Å². The van der Waals surface area contributed by atoms with E-state index in [1.54, 1.807) is 0 Å². The van der Waals surface area contributed by atoms with Crippen LogP contribution < -0.4 is 10.5 Å². The van der Waals surface area contributed by atoms with Gasteiger partial charge >= 0.3 is 5.97 Å². The molecule has 0 saturated heterocycles. The van der Waals surface area contributed by atoms with Gasteiger partial charge in [0, 0.05) is 12.1 Å². The van der Waals surface area contributed by atoms with Crippen LogP contribution in [0.4, 0.5) is 8.78 Å². The van der Waals surface area contributed by atoms with E-state index in [-0.39, 0.29) is 12.1 Å². The Hall–Kier alpha value is -1.40. The van der Waals surface area contributed by atoms with Crippen LogP contribution in [0.15, 0.2) is 6.07 Å². The quantitative estimate of drug-likeness (QED) is 0.814. The van der Waals surface area contributed by atoms with E-state index in [1.165, 1.54) is 0 Å². The number of nitrogens with two attached hydrogens (primary N) is 1. The monoisotopic (exact) mass is 265 g/mol. The number of carbonyl (C=O) groups is 1. The number of aliphatic carboxylic acids is 1. The third-order valence-corrected chi connectivity index (χ3v) is 2.61. The molecule has 1 rings (SSSR count). The van der Waals surface area contributed by atoms with Crippen molar-refractivity contribution in [3.05, 3.63) is 28.3 Å². The predicted molar refractivity (Wildman–Crippen MR) is 57.4 cm³/mol. The summed E-state index contributed by atoms with van der Waals surface area (Å²) in [6.45, 7) is -0.313. The van der Waals surface area contributed by atoms with Gasteiger partial charge in [-0.05, 0) is 6.07 Å². The van der Waals surface area contributed by atoms with Crippen molar-refractivity contribution in [2.75, 3.05) is 13.7 Å².